The Bertz CT molecular complexity index is 573. The molecule has 0 aromatic carbocycles. The summed E-state index contributed by atoms with van der Waals surface area (Å²) in [4.78, 5) is 8.63. The molecule has 2 heterocycles. The van der Waals surface area contributed by atoms with Crippen LogP contribution in [0.3, 0.4) is 0 Å². The van der Waals surface area contributed by atoms with E-state index in [2.05, 4.69) is 39.5 Å². The Morgan fingerprint density at radius 3 is 2.83 bits per heavy atom. The fraction of sp³-hybridized carbons (Fsp3) is 0.500. The molecule has 6 heteroatoms. The van der Waals surface area contributed by atoms with E-state index in [1.54, 1.807) is 20.0 Å². The molecular weight excluding hydrogens is 343 g/mol. The number of rotatable bonds is 3. The second-order valence-corrected chi connectivity index (χ2v) is 6.23. The number of aromatic nitrogens is 3. The zero-order valence-corrected chi connectivity index (χ0v) is 12.8. The normalized spacial score (nSPS) is 14.1. The quantitative estimate of drug-likeness (QED) is 0.823. The van der Waals surface area contributed by atoms with Crippen LogP contribution in [0.5, 0.6) is 0 Å². The van der Waals surface area contributed by atoms with E-state index in [9.17, 15) is 5.11 Å². The minimum atomic E-state index is -0.713. The van der Waals surface area contributed by atoms with Crippen LogP contribution in [0.4, 0.5) is 5.82 Å². The van der Waals surface area contributed by atoms with Gasteiger partial charge in [0.2, 0.25) is 0 Å². The van der Waals surface area contributed by atoms with Gasteiger partial charge in [-0.1, -0.05) is 6.92 Å². The second kappa shape index (κ2) is 4.65. The second-order valence-electron chi connectivity index (χ2n) is 5.21. The Labute approximate surface area is 120 Å². The monoisotopic (exact) mass is 360 g/mol. The maximum Gasteiger partial charge on any atom is 0.150 e. The van der Waals surface area contributed by atoms with E-state index >= 15 is 0 Å². The zero-order chi connectivity index (χ0) is 13.5. The van der Waals surface area contributed by atoms with Crippen molar-refractivity contribution in [2.24, 2.45) is 0 Å². The lowest BCUT2D eigenvalue weighted by Gasteiger charge is -2.21. The number of nitrogens with two attached hydrogens (primary N) is 1. The maximum atomic E-state index is 9.91. The van der Waals surface area contributed by atoms with E-state index in [4.69, 9.17) is 5.73 Å². The molecule has 2 rings (SSSR count). The molecule has 98 valence electrons. The van der Waals surface area contributed by atoms with Gasteiger partial charge in [0.25, 0.3) is 0 Å². The van der Waals surface area contributed by atoms with Gasteiger partial charge in [-0.05, 0) is 42.9 Å². The molecule has 0 aliphatic rings. The average Bonchev–Trinajstić information content (AvgIpc) is 2.55. The highest BCUT2D eigenvalue weighted by Crippen LogP contribution is 2.28. The van der Waals surface area contributed by atoms with Crippen molar-refractivity contribution in [3.8, 4) is 0 Å². The van der Waals surface area contributed by atoms with Gasteiger partial charge < -0.3 is 10.8 Å². The number of aliphatic hydroxyl groups is 1. The van der Waals surface area contributed by atoms with E-state index in [1.807, 2.05) is 10.6 Å². The highest BCUT2D eigenvalue weighted by molar-refractivity contribution is 14.1. The van der Waals surface area contributed by atoms with Crippen molar-refractivity contribution in [2.45, 2.75) is 38.7 Å². The summed E-state index contributed by atoms with van der Waals surface area (Å²) >= 11 is 2.16. The van der Waals surface area contributed by atoms with Gasteiger partial charge >= 0.3 is 0 Å². The number of fused-ring (bicyclic) bond motifs is 1. The number of imidazole rings is 1. The number of nitrogen functional groups attached to an aromatic ring is 1. The van der Waals surface area contributed by atoms with Crippen LogP contribution in [0.25, 0.3) is 5.52 Å². The van der Waals surface area contributed by atoms with E-state index in [0.717, 1.165) is 15.0 Å². The molecule has 0 fully saturated rings. The lowest BCUT2D eigenvalue weighted by Crippen LogP contribution is -2.22. The lowest BCUT2D eigenvalue weighted by molar-refractivity contribution is 0.0638. The van der Waals surface area contributed by atoms with Crippen molar-refractivity contribution in [3.63, 3.8) is 0 Å². The average molecular weight is 360 g/mol. The van der Waals surface area contributed by atoms with Crippen LogP contribution in [0, 0.1) is 3.70 Å². The highest BCUT2D eigenvalue weighted by atomic mass is 127. The molecule has 0 saturated heterocycles. The van der Waals surface area contributed by atoms with Gasteiger partial charge in [-0.25, -0.2) is 9.97 Å². The molecule has 1 atom stereocenters. The van der Waals surface area contributed by atoms with Gasteiger partial charge in [-0.2, -0.15) is 0 Å². The van der Waals surface area contributed by atoms with Crippen molar-refractivity contribution >= 4 is 33.9 Å². The first-order chi connectivity index (χ1) is 8.29. The molecule has 0 saturated carbocycles. The standard InChI is InChI=1S/C12H17IN4O/c1-7(6-12(2,3)18)11-16-9(13)8-10(14)15-4-5-17(8)11/h4-5,7,18H,6H2,1-3H3,(H2,14,15)/t7-/m0/s1. The van der Waals surface area contributed by atoms with Crippen LogP contribution in [-0.4, -0.2) is 25.1 Å². The Morgan fingerprint density at radius 1 is 1.56 bits per heavy atom. The molecule has 18 heavy (non-hydrogen) atoms. The SMILES string of the molecule is C[C@@H](CC(C)(C)O)c1nc(I)c2c(N)nccn12. The summed E-state index contributed by atoms with van der Waals surface area (Å²) in [6.07, 6.45) is 4.17. The van der Waals surface area contributed by atoms with Crippen LogP contribution in [0.15, 0.2) is 12.4 Å². The van der Waals surface area contributed by atoms with Gasteiger partial charge in [-0.15, -0.1) is 0 Å². The summed E-state index contributed by atoms with van der Waals surface area (Å²) in [7, 11) is 0. The molecule has 0 aliphatic carbocycles. The third-order valence-corrected chi connectivity index (χ3v) is 3.57. The van der Waals surface area contributed by atoms with Gasteiger partial charge in [0.1, 0.15) is 15.0 Å². The topological polar surface area (TPSA) is 76.4 Å². The minimum absolute atomic E-state index is 0.141. The third-order valence-electron chi connectivity index (χ3n) is 2.81. The minimum Gasteiger partial charge on any atom is -0.390 e. The van der Waals surface area contributed by atoms with Crippen molar-refractivity contribution in [1.29, 1.82) is 0 Å². The Kier molecular flexibility index (Phi) is 3.50. The van der Waals surface area contributed by atoms with E-state index in [-0.39, 0.29) is 5.92 Å². The first kappa shape index (κ1) is 13.5. The third kappa shape index (κ3) is 2.59. The van der Waals surface area contributed by atoms with Crippen LogP contribution in [-0.2, 0) is 0 Å². The van der Waals surface area contributed by atoms with Crippen molar-refractivity contribution in [2.75, 3.05) is 5.73 Å². The van der Waals surface area contributed by atoms with Gasteiger partial charge in [0.15, 0.2) is 5.82 Å². The highest BCUT2D eigenvalue weighted by Gasteiger charge is 2.23. The van der Waals surface area contributed by atoms with E-state index in [0.29, 0.717) is 12.2 Å². The number of hydrogen-bond donors (Lipinski definition) is 2. The van der Waals surface area contributed by atoms with Gasteiger partial charge in [0, 0.05) is 18.3 Å². The first-order valence-electron chi connectivity index (χ1n) is 5.80. The number of nitrogens with zero attached hydrogens (tertiary/aromatic N) is 3. The maximum absolute atomic E-state index is 9.91. The van der Waals surface area contributed by atoms with Crippen molar-refractivity contribution in [1.82, 2.24) is 14.4 Å². The molecular formula is C12H17IN4O. The zero-order valence-electron chi connectivity index (χ0n) is 10.7. The summed E-state index contributed by atoms with van der Waals surface area (Å²) in [6.45, 7) is 5.67. The number of halogens is 1. The van der Waals surface area contributed by atoms with Crippen LogP contribution >= 0.6 is 22.6 Å². The molecule has 3 N–H and O–H groups in total. The molecule has 0 amide bonds. The van der Waals surface area contributed by atoms with Crippen LogP contribution < -0.4 is 5.73 Å². The molecule has 0 bridgehead atoms. The van der Waals surface area contributed by atoms with E-state index in [1.165, 1.54) is 0 Å². The van der Waals surface area contributed by atoms with Crippen molar-refractivity contribution < 1.29 is 5.11 Å². The fourth-order valence-corrected chi connectivity index (χ4v) is 3.01. The summed E-state index contributed by atoms with van der Waals surface area (Å²) in [6, 6.07) is 0. The predicted octanol–water partition coefficient (Wildman–Crippen LogP) is 2.18. The first-order valence-corrected chi connectivity index (χ1v) is 6.88. The summed E-state index contributed by atoms with van der Waals surface area (Å²) in [5, 5.41) is 9.91. The largest absolute Gasteiger partial charge is 0.390 e. The summed E-state index contributed by atoms with van der Waals surface area (Å²) < 4.78 is 2.80. The lowest BCUT2D eigenvalue weighted by atomic mass is 9.94. The Hall–Kier alpha value is -0.890. The molecule has 2 aromatic rings. The molecule has 5 nitrogen and oxygen atoms in total. The molecule has 2 aromatic heterocycles. The molecule has 0 unspecified atom stereocenters. The fourth-order valence-electron chi connectivity index (χ4n) is 2.23. The van der Waals surface area contributed by atoms with Crippen molar-refractivity contribution in [3.05, 3.63) is 21.9 Å². The predicted molar refractivity (Wildman–Crippen MR) is 79.4 cm³/mol. The molecule has 0 aliphatic heterocycles. The number of anilines is 1. The van der Waals surface area contributed by atoms with Gasteiger partial charge in [-0.3, -0.25) is 4.40 Å². The number of hydrogen-bond acceptors (Lipinski definition) is 4. The van der Waals surface area contributed by atoms with Crippen LogP contribution in [0.1, 0.15) is 38.9 Å². The Morgan fingerprint density at radius 2 is 2.22 bits per heavy atom. The van der Waals surface area contributed by atoms with Crippen LogP contribution in [0.2, 0.25) is 0 Å². The Balaban J connectivity index is 2.49. The summed E-state index contributed by atoms with van der Waals surface area (Å²) in [5.74, 6) is 1.53. The molecule has 0 spiro atoms. The summed E-state index contributed by atoms with van der Waals surface area (Å²) in [5.41, 5.74) is 6.00. The van der Waals surface area contributed by atoms with Gasteiger partial charge in [0.05, 0.1) is 5.60 Å². The van der Waals surface area contributed by atoms with E-state index < -0.39 is 5.60 Å². The smallest absolute Gasteiger partial charge is 0.150 e. The molecule has 0 radical (unpaired) electrons.